The Bertz CT molecular complexity index is 572. The second kappa shape index (κ2) is 6.38. The summed E-state index contributed by atoms with van der Waals surface area (Å²) >= 11 is 0. The molecule has 0 aromatic heterocycles. The van der Waals surface area contributed by atoms with Gasteiger partial charge in [-0.05, 0) is 36.6 Å². The van der Waals surface area contributed by atoms with Gasteiger partial charge in [-0.15, -0.1) is 0 Å². The summed E-state index contributed by atoms with van der Waals surface area (Å²) in [6.45, 7) is 2.05. The van der Waals surface area contributed by atoms with Crippen LogP contribution in [0.25, 0.3) is 0 Å². The van der Waals surface area contributed by atoms with E-state index in [1.165, 1.54) is 16.8 Å². The Kier molecular flexibility index (Phi) is 4.57. The van der Waals surface area contributed by atoms with Gasteiger partial charge in [0.1, 0.15) is 6.29 Å². The van der Waals surface area contributed by atoms with Crippen LogP contribution in [0, 0.1) is 6.92 Å². The molecule has 2 rings (SSSR count). The molecule has 0 N–H and O–H groups in total. The number of anilines is 1. The monoisotopic (exact) mass is 267 g/mol. The smallest absolute Gasteiger partial charge is 0.127 e. The van der Waals surface area contributed by atoms with Gasteiger partial charge in [-0.1, -0.05) is 42.0 Å². The van der Waals surface area contributed by atoms with Gasteiger partial charge in [-0.2, -0.15) is 0 Å². The lowest BCUT2D eigenvalue weighted by Gasteiger charge is -2.15. The van der Waals surface area contributed by atoms with Crippen molar-refractivity contribution in [1.29, 1.82) is 0 Å². The Morgan fingerprint density at radius 2 is 1.80 bits per heavy atom. The predicted molar refractivity (Wildman–Crippen MR) is 84.5 cm³/mol. The van der Waals surface area contributed by atoms with Crippen LogP contribution in [0.4, 0.5) is 5.69 Å². The third kappa shape index (κ3) is 3.47. The molecule has 0 heterocycles. The molecule has 0 fully saturated rings. The summed E-state index contributed by atoms with van der Waals surface area (Å²) in [5, 5.41) is 0. The number of aldehydes is 1. The first kappa shape index (κ1) is 14.3. The number of benzene rings is 2. The fraction of sp³-hybridized carbons (Fsp3) is 0.278. The minimum Gasteiger partial charge on any atom is -0.378 e. The molecule has 2 heteroatoms. The van der Waals surface area contributed by atoms with Gasteiger partial charge < -0.3 is 9.69 Å². The van der Waals surface area contributed by atoms with Gasteiger partial charge in [0.2, 0.25) is 0 Å². The van der Waals surface area contributed by atoms with Crippen molar-refractivity contribution in [2.45, 2.75) is 19.3 Å². The van der Waals surface area contributed by atoms with Crippen LogP contribution in [0.5, 0.6) is 0 Å². The van der Waals surface area contributed by atoms with E-state index >= 15 is 0 Å². The SMILES string of the molecule is Cc1cccc(C(C=O)Cc2ccc(N(C)C)cc2)c1. The fourth-order valence-electron chi connectivity index (χ4n) is 2.33. The van der Waals surface area contributed by atoms with E-state index in [0.29, 0.717) is 0 Å². The number of rotatable bonds is 5. The topological polar surface area (TPSA) is 20.3 Å². The zero-order chi connectivity index (χ0) is 14.5. The van der Waals surface area contributed by atoms with E-state index in [0.717, 1.165) is 18.3 Å². The van der Waals surface area contributed by atoms with Crippen molar-refractivity contribution in [3.8, 4) is 0 Å². The van der Waals surface area contributed by atoms with Gasteiger partial charge in [0.25, 0.3) is 0 Å². The first-order valence-corrected chi connectivity index (χ1v) is 6.88. The lowest BCUT2D eigenvalue weighted by molar-refractivity contribution is -0.109. The largest absolute Gasteiger partial charge is 0.378 e. The molecule has 0 saturated heterocycles. The van der Waals surface area contributed by atoms with Gasteiger partial charge in [-0.3, -0.25) is 0 Å². The first-order valence-electron chi connectivity index (χ1n) is 6.88. The van der Waals surface area contributed by atoms with E-state index in [9.17, 15) is 4.79 Å². The summed E-state index contributed by atoms with van der Waals surface area (Å²) < 4.78 is 0. The third-order valence-electron chi connectivity index (χ3n) is 3.54. The summed E-state index contributed by atoms with van der Waals surface area (Å²) in [5.41, 5.74) is 4.65. The van der Waals surface area contributed by atoms with Crippen molar-refractivity contribution < 1.29 is 4.79 Å². The van der Waals surface area contributed by atoms with Gasteiger partial charge in [0, 0.05) is 25.7 Å². The van der Waals surface area contributed by atoms with Crippen molar-refractivity contribution in [1.82, 2.24) is 0 Å². The van der Waals surface area contributed by atoms with Gasteiger partial charge in [0.05, 0.1) is 0 Å². The van der Waals surface area contributed by atoms with E-state index in [2.05, 4.69) is 48.2 Å². The standard InChI is InChI=1S/C18H21NO/c1-14-5-4-6-16(11-14)17(13-20)12-15-7-9-18(10-8-15)19(2)3/h4-11,13,17H,12H2,1-3H3. The third-order valence-corrected chi connectivity index (χ3v) is 3.54. The van der Waals surface area contributed by atoms with Crippen LogP contribution in [-0.4, -0.2) is 20.4 Å². The Morgan fingerprint density at radius 1 is 1.10 bits per heavy atom. The minimum absolute atomic E-state index is 0.0693. The molecule has 2 aromatic carbocycles. The maximum Gasteiger partial charge on any atom is 0.127 e. The molecule has 0 bridgehead atoms. The van der Waals surface area contributed by atoms with E-state index in [1.54, 1.807) is 0 Å². The van der Waals surface area contributed by atoms with Crippen molar-refractivity contribution >= 4 is 12.0 Å². The number of carbonyl (C=O) groups is 1. The van der Waals surface area contributed by atoms with Crippen LogP contribution in [-0.2, 0) is 11.2 Å². The molecule has 1 unspecified atom stereocenters. The Balaban J connectivity index is 2.16. The average Bonchev–Trinajstić information content (AvgIpc) is 2.45. The highest BCUT2D eigenvalue weighted by molar-refractivity contribution is 5.63. The van der Waals surface area contributed by atoms with E-state index in [1.807, 2.05) is 26.2 Å². The van der Waals surface area contributed by atoms with Crippen molar-refractivity contribution in [2.24, 2.45) is 0 Å². The van der Waals surface area contributed by atoms with Crippen molar-refractivity contribution in [2.75, 3.05) is 19.0 Å². The van der Waals surface area contributed by atoms with E-state index < -0.39 is 0 Å². The lowest BCUT2D eigenvalue weighted by atomic mass is 9.92. The van der Waals surface area contributed by atoms with Crippen LogP contribution < -0.4 is 4.90 Å². The zero-order valence-electron chi connectivity index (χ0n) is 12.3. The molecule has 0 amide bonds. The van der Waals surface area contributed by atoms with Crippen LogP contribution in [0.1, 0.15) is 22.6 Å². The lowest BCUT2D eigenvalue weighted by Crippen LogP contribution is -2.09. The summed E-state index contributed by atoms with van der Waals surface area (Å²) in [6.07, 6.45) is 1.80. The Morgan fingerprint density at radius 3 is 2.35 bits per heavy atom. The normalized spacial score (nSPS) is 11.9. The summed E-state index contributed by atoms with van der Waals surface area (Å²) in [5.74, 6) is -0.0693. The zero-order valence-corrected chi connectivity index (χ0v) is 12.3. The van der Waals surface area contributed by atoms with Crippen molar-refractivity contribution in [3.05, 3.63) is 65.2 Å². The summed E-state index contributed by atoms with van der Waals surface area (Å²) in [7, 11) is 4.05. The van der Waals surface area contributed by atoms with Gasteiger partial charge in [0.15, 0.2) is 0 Å². The summed E-state index contributed by atoms with van der Waals surface area (Å²) in [4.78, 5) is 13.5. The Hall–Kier alpha value is -2.09. The minimum atomic E-state index is -0.0693. The first-order chi connectivity index (χ1) is 9.60. The van der Waals surface area contributed by atoms with Gasteiger partial charge in [-0.25, -0.2) is 0 Å². The van der Waals surface area contributed by atoms with Crippen LogP contribution >= 0.6 is 0 Å². The number of nitrogens with zero attached hydrogens (tertiary/aromatic N) is 1. The molecule has 2 nitrogen and oxygen atoms in total. The van der Waals surface area contributed by atoms with Gasteiger partial charge >= 0.3 is 0 Å². The molecule has 0 radical (unpaired) electrons. The van der Waals surface area contributed by atoms with Crippen molar-refractivity contribution in [3.63, 3.8) is 0 Å². The second-order valence-electron chi connectivity index (χ2n) is 5.42. The quantitative estimate of drug-likeness (QED) is 0.772. The fourth-order valence-corrected chi connectivity index (χ4v) is 2.33. The molecule has 1 atom stereocenters. The molecule has 0 aliphatic carbocycles. The maximum absolute atomic E-state index is 11.4. The molecule has 0 saturated carbocycles. The highest BCUT2D eigenvalue weighted by Crippen LogP contribution is 2.21. The Labute approximate surface area is 121 Å². The molecule has 0 aliphatic heterocycles. The molecule has 20 heavy (non-hydrogen) atoms. The molecule has 0 spiro atoms. The number of hydrogen-bond donors (Lipinski definition) is 0. The van der Waals surface area contributed by atoms with E-state index in [-0.39, 0.29) is 5.92 Å². The molecular formula is C18H21NO. The number of hydrogen-bond acceptors (Lipinski definition) is 2. The van der Waals surface area contributed by atoms with Crippen LogP contribution in [0.3, 0.4) is 0 Å². The maximum atomic E-state index is 11.4. The molecule has 104 valence electrons. The number of aryl methyl sites for hydroxylation is 1. The number of carbonyl (C=O) groups excluding carboxylic acids is 1. The molecule has 2 aromatic rings. The second-order valence-corrected chi connectivity index (χ2v) is 5.42. The molecule has 0 aliphatic rings. The summed E-state index contributed by atoms with van der Waals surface area (Å²) in [6, 6.07) is 16.6. The predicted octanol–water partition coefficient (Wildman–Crippen LogP) is 3.59. The van der Waals surface area contributed by atoms with Crippen LogP contribution in [0.2, 0.25) is 0 Å². The molecular weight excluding hydrogens is 246 g/mol. The van der Waals surface area contributed by atoms with Crippen LogP contribution in [0.15, 0.2) is 48.5 Å². The highest BCUT2D eigenvalue weighted by Gasteiger charge is 2.11. The van der Waals surface area contributed by atoms with E-state index in [4.69, 9.17) is 0 Å². The highest BCUT2D eigenvalue weighted by atomic mass is 16.1. The average molecular weight is 267 g/mol.